The minimum Gasteiger partial charge on any atom is -0.444 e. The molecule has 0 saturated carbocycles. The molecule has 40 heavy (non-hydrogen) atoms. The highest BCUT2D eigenvalue weighted by Crippen LogP contribution is 2.25. The Balaban J connectivity index is 1.20. The molecular formula is C28H32F3N7O2. The Kier molecular flexibility index (Phi) is 7.54. The van der Waals surface area contributed by atoms with E-state index in [2.05, 4.69) is 31.0 Å². The quantitative estimate of drug-likeness (QED) is 0.359. The maximum atomic E-state index is 12.7. The van der Waals surface area contributed by atoms with Gasteiger partial charge < -0.3 is 14.6 Å². The van der Waals surface area contributed by atoms with Gasteiger partial charge >= 0.3 is 12.3 Å². The molecule has 1 amide bonds. The molecule has 0 unspecified atom stereocenters. The van der Waals surface area contributed by atoms with E-state index in [1.165, 1.54) is 12.4 Å². The van der Waals surface area contributed by atoms with Gasteiger partial charge in [-0.25, -0.2) is 9.78 Å². The lowest BCUT2D eigenvalue weighted by Crippen LogP contribution is -2.49. The number of benzene rings is 1. The number of alkyl halides is 3. The highest BCUT2D eigenvalue weighted by Gasteiger charge is 2.28. The van der Waals surface area contributed by atoms with Crippen molar-refractivity contribution in [1.29, 1.82) is 0 Å². The number of piperazine rings is 1. The van der Waals surface area contributed by atoms with E-state index >= 15 is 0 Å². The number of ether oxygens (including phenoxy) is 1. The molecule has 5 rings (SSSR count). The van der Waals surface area contributed by atoms with Crippen LogP contribution in [0.3, 0.4) is 0 Å². The summed E-state index contributed by atoms with van der Waals surface area (Å²) >= 11 is 0. The van der Waals surface area contributed by atoms with Crippen LogP contribution in [0.15, 0.2) is 48.9 Å². The fourth-order valence-corrected chi connectivity index (χ4v) is 4.68. The number of H-pyrrole nitrogens is 1. The molecule has 4 heterocycles. The highest BCUT2D eigenvalue weighted by atomic mass is 19.4. The molecule has 9 nitrogen and oxygen atoms in total. The van der Waals surface area contributed by atoms with E-state index < -0.39 is 18.3 Å². The lowest BCUT2D eigenvalue weighted by molar-refractivity contribution is -0.142. The van der Waals surface area contributed by atoms with Gasteiger partial charge in [-0.15, -0.1) is 0 Å². The van der Waals surface area contributed by atoms with E-state index in [9.17, 15) is 18.0 Å². The molecule has 1 aliphatic heterocycles. The number of amides is 1. The molecule has 1 aliphatic rings. The fourth-order valence-electron chi connectivity index (χ4n) is 4.68. The number of halogens is 3. The Morgan fingerprint density at radius 3 is 2.55 bits per heavy atom. The lowest BCUT2D eigenvalue weighted by Gasteiger charge is -2.35. The Morgan fingerprint density at radius 2 is 1.82 bits per heavy atom. The van der Waals surface area contributed by atoms with Gasteiger partial charge in [-0.3, -0.25) is 14.6 Å². The van der Waals surface area contributed by atoms with Gasteiger partial charge in [0.2, 0.25) is 0 Å². The Hall–Kier alpha value is -3.93. The molecule has 0 bridgehead atoms. The molecular weight excluding hydrogens is 523 g/mol. The number of nitrogens with zero attached hydrogens (tertiary/aromatic N) is 6. The zero-order valence-corrected chi connectivity index (χ0v) is 22.7. The predicted octanol–water partition coefficient (Wildman–Crippen LogP) is 5.03. The molecule has 1 saturated heterocycles. The molecule has 1 fully saturated rings. The molecule has 1 aromatic carbocycles. The van der Waals surface area contributed by atoms with Gasteiger partial charge in [0, 0.05) is 62.8 Å². The van der Waals surface area contributed by atoms with Crippen LogP contribution >= 0.6 is 0 Å². The van der Waals surface area contributed by atoms with Crippen molar-refractivity contribution < 1.29 is 22.7 Å². The lowest BCUT2D eigenvalue weighted by atomic mass is 10.1. The van der Waals surface area contributed by atoms with Crippen LogP contribution in [0, 0.1) is 0 Å². The van der Waals surface area contributed by atoms with Crippen molar-refractivity contribution in [2.45, 2.75) is 52.1 Å². The van der Waals surface area contributed by atoms with Crippen LogP contribution in [-0.4, -0.2) is 78.6 Å². The summed E-state index contributed by atoms with van der Waals surface area (Å²) in [5.41, 5.74) is 4.40. The van der Waals surface area contributed by atoms with Crippen molar-refractivity contribution in [2.75, 3.05) is 26.2 Å². The Bertz CT molecular complexity index is 1480. The number of carbonyl (C=O) groups is 1. The van der Waals surface area contributed by atoms with Crippen LogP contribution in [0.1, 0.15) is 37.9 Å². The molecule has 4 aromatic rings. The monoisotopic (exact) mass is 555 g/mol. The van der Waals surface area contributed by atoms with E-state index in [4.69, 9.17) is 4.74 Å². The third kappa shape index (κ3) is 7.17. The average molecular weight is 556 g/mol. The van der Waals surface area contributed by atoms with Crippen LogP contribution in [0.25, 0.3) is 22.2 Å². The van der Waals surface area contributed by atoms with E-state index in [0.717, 1.165) is 58.0 Å². The Morgan fingerprint density at radius 1 is 1.05 bits per heavy atom. The standard InChI is InChI=1S/C28H32F3N7O2/c1-27(2,3)40-26(39)37-10-8-36(9-11-37)16-19-6-7-32-22(12-19)14-25-34-23-5-4-20(13-24(23)35-25)21-15-33-38(17-21)18-28(29,30)31/h4-7,12-13,15,17H,8-11,14,16,18H2,1-3H3,(H,34,35). The number of carbonyl (C=O) groups excluding carboxylic acids is 1. The van der Waals surface area contributed by atoms with Gasteiger partial charge in [0.15, 0.2) is 0 Å². The topological polar surface area (TPSA) is 92.2 Å². The molecule has 1 N–H and O–H groups in total. The number of hydrogen-bond donors (Lipinski definition) is 1. The number of rotatable bonds is 6. The first kappa shape index (κ1) is 27.6. The minimum absolute atomic E-state index is 0.271. The van der Waals surface area contributed by atoms with Crippen molar-refractivity contribution in [2.24, 2.45) is 0 Å². The van der Waals surface area contributed by atoms with Gasteiger partial charge in [0.25, 0.3) is 0 Å². The van der Waals surface area contributed by atoms with Crippen molar-refractivity contribution in [1.82, 2.24) is 34.5 Å². The third-order valence-electron chi connectivity index (χ3n) is 6.50. The summed E-state index contributed by atoms with van der Waals surface area (Å²) in [5, 5.41) is 3.83. The van der Waals surface area contributed by atoms with Crippen LogP contribution < -0.4 is 0 Å². The van der Waals surface area contributed by atoms with E-state index in [0.29, 0.717) is 25.1 Å². The number of fused-ring (bicyclic) bond motifs is 1. The minimum atomic E-state index is -4.33. The summed E-state index contributed by atoms with van der Waals surface area (Å²) in [7, 11) is 0. The van der Waals surface area contributed by atoms with Crippen molar-refractivity contribution in [3.63, 3.8) is 0 Å². The number of hydrogen-bond acceptors (Lipinski definition) is 6. The maximum Gasteiger partial charge on any atom is 0.410 e. The summed E-state index contributed by atoms with van der Waals surface area (Å²) in [6.45, 7) is 8.00. The van der Waals surface area contributed by atoms with Crippen molar-refractivity contribution in [3.05, 3.63) is 66.0 Å². The van der Waals surface area contributed by atoms with Crippen molar-refractivity contribution in [3.8, 4) is 11.1 Å². The molecule has 0 spiro atoms. The number of pyridine rings is 1. The molecule has 3 aromatic heterocycles. The number of aromatic amines is 1. The van der Waals surface area contributed by atoms with E-state index in [1.807, 2.05) is 45.0 Å². The van der Waals surface area contributed by atoms with Crippen LogP contribution in [0.5, 0.6) is 0 Å². The second kappa shape index (κ2) is 10.9. The van der Waals surface area contributed by atoms with Crippen LogP contribution in [0.4, 0.5) is 18.0 Å². The second-order valence-corrected chi connectivity index (χ2v) is 11.0. The molecule has 0 aliphatic carbocycles. The van der Waals surface area contributed by atoms with Gasteiger partial charge in [-0.2, -0.15) is 18.3 Å². The second-order valence-electron chi connectivity index (χ2n) is 11.0. The maximum absolute atomic E-state index is 12.7. The van der Waals surface area contributed by atoms with Crippen molar-refractivity contribution >= 4 is 17.1 Å². The first-order chi connectivity index (χ1) is 18.9. The summed E-state index contributed by atoms with van der Waals surface area (Å²) in [6.07, 6.45) is 0.519. The zero-order valence-electron chi connectivity index (χ0n) is 22.7. The van der Waals surface area contributed by atoms with E-state index in [1.54, 1.807) is 11.1 Å². The SMILES string of the molecule is CC(C)(C)OC(=O)N1CCN(Cc2ccnc(Cc3nc4ccc(-c5cnn(CC(F)(F)F)c5)cc4[nH]3)c2)CC1. The van der Waals surface area contributed by atoms with Gasteiger partial charge in [0.1, 0.15) is 18.0 Å². The first-order valence-electron chi connectivity index (χ1n) is 13.1. The summed E-state index contributed by atoms with van der Waals surface area (Å²) in [6, 6.07) is 9.58. The summed E-state index contributed by atoms with van der Waals surface area (Å²) < 4.78 is 44.4. The van der Waals surface area contributed by atoms with E-state index in [-0.39, 0.29) is 6.09 Å². The fraction of sp³-hybridized carbons (Fsp3) is 0.429. The molecule has 212 valence electrons. The highest BCUT2D eigenvalue weighted by molar-refractivity contribution is 5.81. The largest absolute Gasteiger partial charge is 0.444 e. The Labute approximate surface area is 230 Å². The summed E-state index contributed by atoms with van der Waals surface area (Å²) in [5.74, 6) is 0.746. The normalized spacial score (nSPS) is 15.1. The van der Waals surface area contributed by atoms with Gasteiger partial charge in [-0.05, 0) is 56.2 Å². The van der Waals surface area contributed by atoms with Crippen LogP contribution in [0.2, 0.25) is 0 Å². The number of nitrogens with one attached hydrogen (secondary N) is 1. The van der Waals surface area contributed by atoms with Crippen LogP contribution in [-0.2, 0) is 24.2 Å². The molecule has 0 atom stereocenters. The number of aromatic nitrogens is 5. The third-order valence-corrected chi connectivity index (χ3v) is 6.50. The summed E-state index contributed by atoms with van der Waals surface area (Å²) in [4.78, 5) is 28.9. The molecule has 12 heteroatoms. The zero-order chi connectivity index (χ0) is 28.5. The van der Waals surface area contributed by atoms with Gasteiger partial charge in [0.05, 0.1) is 17.2 Å². The first-order valence-corrected chi connectivity index (χ1v) is 13.1. The predicted molar refractivity (Wildman–Crippen MR) is 143 cm³/mol. The average Bonchev–Trinajstić information content (AvgIpc) is 3.48. The smallest absolute Gasteiger partial charge is 0.410 e. The van der Waals surface area contributed by atoms with Gasteiger partial charge in [-0.1, -0.05) is 6.07 Å². The molecule has 0 radical (unpaired) electrons. The number of imidazole rings is 1.